The van der Waals surface area contributed by atoms with E-state index in [0.717, 1.165) is 11.1 Å². The van der Waals surface area contributed by atoms with E-state index in [0.29, 0.717) is 23.5 Å². The van der Waals surface area contributed by atoms with Gasteiger partial charge >= 0.3 is 5.97 Å². The molecule has 0 saturated heterocycles. The van der Waals surface area contributed by atoms with Gasteiger partial charge in [-0.2, -0.15) is 0 Å². The third kappa shape index (κ3) is 4.32. The highest BCUT2D eigenvalue weighted by Crippen LogP contribution is 2.35. The molecule has 0 aliphatic carbocycles. The van der Waals surface area contributed by atoms with Gasteiger partial charge in [0.15, 0.2) is 5.75 Å². The second-order valence-corrected chi connectivity index (χ2v) is 5.67. The van der Waals surface area contributed by atoms with Crippen molar-refractivity contribution in [3.63, 3.8) is 0 Å². The first-order valence-electron chi connectivity index (χ1n) is 8.34. The number of methoxy groups -OCH3 is 2. The number of carbonyl (C=O) groups excluding carboxylic acids is 1. The Balaban J connectivity index is 1.82. The second kappa shape index (κ2) is 8.76. The number of esters is 1. The Labute approximate surface area is 162 Å². The topological polar surface area (TPSA) is 99.6 Å². The summed E-state index contributed by atoms with van der Waals surface area (Å²) < 4.78 is 15.8. The lowest BCUT2D eigenvalue weighted by Crippen LogP contribution is -2.27. The molecule has 0 atom stereocenters. The average molecular weight is 381 g/mol. The SMILES string of the molecule is COC(=O)CN(C)c1ncc(Oc2ncccc2-c2cccnc2OC)cn1. The van der Waals surface area contributed by atoms with Gasteiger partial charge in [-0.25, -0.2) is 19.9 Å². The molecule has 0 aliphatic rings. The smallest absolute Gasteiger partial charge is 0.325 e. The van der Waals surface area contributed by atoms with Gasteiger partial charge in [-0.05, 0) is 24.3 Å². The normalized spacial score (nSPS) is 10.2. The summed E-state index contributed by atoms with van der Waals surface area (Å²) in [4.78, 5) is 29.9. The molecule has 0 N–H and O–H groups in total. The van der Waals surface area contributed by atoms with E-state index in [1.807, 2.05) is 18.2 Å². The molecule has 28 heavy (non-hydrogen) atoms. The van der Waals surface area contributed by atoms with Crippen LogP contribution in [0.3, 0.4) is 0 Å². The molecule has 0 aliphatic heterocycles. The van der Waals surface area contributed by atoms with Crippen LogP contribution in [0, 0.1) is 0 Å². The Bertz CT molecular complexity index is 949. The summed E-state index contributed by atoms with van der Waals surface area (Å²) in [7, 11) is 4.58. The van der Waals surface area contributed by atoms with Crippen molar-refractivity contribution in [2.45, 2.75) is 0 Å². The highest BCUT2D eigenvalue weighted by atomic mass is 16.5. The molecular formula is C19H19N5O4. The van der Waals surface area contributed by atoms with Crippen molar-refractivity contribution in [2.75, 3.05) is 32.7 Å². The Morgan fingerprint density at radius 2 is 1.57 bits per heavy atom. The van der Waals surface area contributed by atoms with Crippen LogP contribution in [-0.2, 0) is 9.53 Å². The van der Waals surface area contributed by atoms with Crippen molar-refractivity contribution < 1.29 is 19.0 Å². The maximum absolute atomic E-state index is 11.4. The number of aromatic nitrogens is 4. The molecule has 144 valence electrons. The zero-order valence-electron chi connectivity index (χ0n) is 15.7. The third-order valence-corrected chi connectivity index (χ3v) is 3.79. The van der Waals surface area contributed by atoms with Crippen LogP contribution in [0.4, 0.5) is 5.95 Å². The lowest BCUT2D eigenvalue weighted by atomic mass is 10.1. The largest absolute Gasteiger partial charge is 0.481 e. The van der Waals surface area contributed by atoms with Crippen molar-refractivity contribution >= 4 is 11.9 Å². The summed E-state index contributed by atoms with van der Waals surface area (Å²) in [5.41, 5.74) is 1.47. The number of rotatable bonds is 7. The first-order chi connectivity index (χ1) is 13.6. The molecule has 3 aromatic rings. The Hall–Kier alpha value is -3.75. The van der Waals surface area contributed by atoms with Crippen molar-refractivity contribution in [1.29, 1.82) is 0 Å². The number of nitrogens with zero attached hydrogens (tertiary/aromatic N) is 5. The van der Waals surface area contributed by atoms with Crippen LogP contribution in [0.1, 0.15) is 0 Å². The van der Waals surface area contributed by atoms with Gasteiger partial charge in [-0.3, -0.25) is 4.79 Å². The Morgan fingerprint density at radius 1 is 0.964 bits per heavy atom. The van der Waals surface area contributed by atoms with Gasteiger partial charge in [-0.15, -0.1) is 0 Å². The maximum Gasteiger partial charge on any atom is 0.325 e. The summed E-state index contributed by atoms with van der Waals surface area (Å²) in [5, 5.41) is 0. The van der Waals surface area contributed by atoms with Gasteiger partial charge < -0.3 is 19.1 Å². The van der Waals surface area contributed by atoms with Crippen LogP contribution in [0.25, 0.3) is 11.1 Å². The molecule has 3 rings (SSSR count). The van der Waals surface area contributed by atoms with Crippen LogP contribution < -0.4 is 14.4 Å². The highest BCUT2D eigenvalue weighted by molar-refractivity contribution is 5.74. The zero-order valence-corrected chi connectivity index (χ0v) is 15.7. The average Bonchev–Trinajstić information content (AvgIpc) is 2.74. The van der Waals surface area contributed by atoms with E-state index in [2.05, 4.69) is 24.7 Å². The number of anilines is 1. The lowest BCUT2D eigenvalue weighted by molar-refractivity contribution is -0.138. The minimum atomic E-state index is -0.380. The second-order valence-electron chi connectivity index (χ2n) is 5.67. The molecule has 0 bridgehead atoms. The van der Waals surface area contributed by atoms with Gasteiger partial charge in [0.05, 0.1) is 26.6 Å². The molecule has 3 heterocycles. The van der Waals surface area contributed by atoms with Crippen molar-refractivity contribution in [1.82, 2.24) is 19.9 Å². The fourth-order valence-corrected chi connectivity index (χ4v) is 2.44. The molecule has 0 unspecified atom stereocenters. The summed E-state index contributed by atoms with van der Waals surface area (Å²) in [6.45, 7) is 0.0435. The lowest BCUT2D eigenvalue weighted by Gasteiger charge is -2.15. The van der Waals surface area contributed by atoms with Crippen molar-refractivity contribution in [3.8, 4) is 28.6 Å². The van der Waals surface area contributed by atoms with E-state index < -0.39 is 0 Å². The number of hydrogen-bond acceptors (Lipinski definition) is 9. The van der Waals surface area contributed by atoms with E-state index in [4.69, 9.17) is 9.47 Å². The Kier molecular flexibility index (Phi) is 5.95. The van der Waals surface area contributed by atoms with Crippen LogP contribution in [0.2, 0.25) is 0 Å². The molecule has 3 aromatic heterocycles. The van der Waals surface area contributed by atoms with E-state index in [1.165, 1.54) is 19.5 Å². The quantitative estimate of drug-likeness (QED) is 0.571. The minimum Gasteiger partial charge on any atom is -0.481 e. The molecule has 0 aromatic carbocycles. The van der Waals surface area contributed by atoms with E-state index in [9.17, 15) is 4.79 Å². The zero-order chi connectivity index (χ0) is 19.9. The van der Waals surface area contributed by atoms with Gasteiger partial charge in [-0.1, -0.05) is 0 Å². The molecular weight excluding hydrogens is 362 g/mol. The molecule has 0 saturated carbocycles. The number of carbonyl (C=O) groups is 1. The van der Waals surface area contributed by atoms with Gasteiger partial charge in [0.1, 0.15) is 6.54 Å². The number of ether oxygens (including phenoxy) is 3. The molecule has 9 heteroatoms. The first kappa shape index (κ1) is 19.0. The number of likely N-dealkylation sites (N-methyl/N-ethyl adjacent to an activating group) is 1. The Morgan fingerprint density at radius 3 is 2.18 bits per heavy atom. The van der Waals surface area contributed by atoms with E-state index in [1.54, 1.807) is 37.5 Å². The van der Waals surface area contributed by atoms with Crippen molar-refractivity contribution in [2.24, 2.45) is 0 Å². The molecule has 0 fully saturated rings. The fourth-order valence-electron chi connectivity index (χ4n) is 2.44. The number of pyridine rings is 2. The van der Waals surface area contributed by atoms with Crippen LogP contribution in [0.5, 0.6) is 17.5 Å². The van der Waals surface area contributed by atoms with Crippen molar-refractivity contribution in [3.05, 3.63) is 49.1 Å². The molecule has 0 radical (unpaired) electrons. The third-order valence-electron chi connectivity index (χ3n) is 3.79. The summed E-state index contributed by atoms with van der Waals surface area (Å²) >= 11 is 0. The monoisotopic (exact) mass is 381 g/mol. The molecule has 0 amide bonds. The van der Waals surface area contributed by atoms with Crippen LogP contribution in [-0.4, -0.2) is 53.7 Å². The molecule has 0 spiro atoms. The predicted octanol–water partition coefficient (Wildman–Crippen LogP) is 2.34. The van der Waals surface area contributed by atoms with Crippen LogP contribution >= 0.6 is 0 Å². The van der Waals surface area contributed by atoms with Gasteiger partial charge in [0.2, 0.25) is 17.7 Å². The van der Waals surface area contributed by atoms with E-state index >= 15 is 0 Å². The molecule has 9 nitrogen and oxygen atoms in total. The van der Waals surface area contributed by atoms with Crippen LogP contribution in [0.15, 0.2) is 49.1 Å². The summed E-state index contributed by atoms with van der Waals surface area (Å²) in [6.07, 6.45) is 6.29. The summed E-state index contributed by atoms with van der Waals surface area (Å²) in [6, 6.07) is 7.35. The fraction of sp³-hybridized carbons (Fsp3) is 0.211. The first-order valence-corrected chi connectivity index (χ1v) is 8.34. The van der Waals surface area contributed by atoms with Gasteiger partial charge in [0.25, 0.3) is 0 Å². The maximum atomic E-state index is 11.4. The minimum absolute atomic E-state index is 0.0435. The standard InChI is InChI=1S/C19H19N5O4/c1-24(12-16(25)26-2)19-22-10-13(11-23-19)28-18-15(7-5-9-21-18)14-6-4-8-20-17(14)27-3/h4-11H,12H2,1-3H3. The predicted molar refractivity (Wildman–Crippen MR) is 101 cm³/mol. The highest BCUT2D eigenvalue weighted by Gasteiger charge is 2.15. The summed E-state index contributed by atoms with van der Waals surface area (Å²) in [5.74, 6) is 1.23. The number of hydrogen-bond donors (Lipinski definition) is 0. The van der Waals surface area contributed by atoms with E-state index in [-0.39, 0.29) is 12.5 Å². The van der Waals surface area contributed by atoms with Gasteiger partial charge in [0, 0.05) is 30.6 Å².